The van der Waals surface area contributed by atoms with Gasteiger partial charge in [-0.25, -0.2) is 4.98 Å². The molecule has 2 aliphatic heterocycles. The second-order valence-electron chi connectivity index (χ2n) is 6.01. The smallest absolute Gasteiger partial charge is 0.144 e. The first-order valence-corrected chi connectivity index (χ1v) is 7.65. The van der Waals surface area contributed by atoms with Crippen molar-refractivity contribution in [1.29, 1.82) is 5.26 Å². The molecule has 3 heterocycles. The van der Waals surface area contributed by atoms with Gasteiger partial charge in [0, 0.05) is 5.69 Å². The van der Waals surface area contributed by atoms with E-state index in [1.807, 2.05) is 19.9 Å². The molecule has 5 heteroatoms. The van der Waals surface area contributed by atoms with Crippen molar-refractivity contribution in [2.24, 2.45) is 0 Å². The van der Waals surface area contributed by atoms with Crippen LogP contribution in [0, 0.1) is 25.2 Å². The molecule has 2 saturated heterocycles. The minimum Gasteiger partial charge on any atom is -0.378 e. The lowest BCUT2D eigenvalue weighted by molar-refractivity contribution is 0.159. The molecule has 0 aromatic carbocycles. The van der Waals surface area contributed by atoms with E-state index in [0.717, 1.165) is 31.0 Å². The standard InChI is InChI=1S/C16H22N4O/c1-11-7-12(2)18-16(13(11)8-17)19-14-9-21-10-15(14)20-5-3-4-6-20/h7,14-15H,3-6,9-10H2,1-2H3,(H,18,19)/t14-,15-/m0/s1. The predicted molar refractivity (Wildman–Crippen MR) is 81.3 cm³/mol. The summed E-state index contributed by atoms with van der Waals surface area (Å²) in [5.41, 5.74) is 2.56. The molecule has 2 fully saturated rings. The number of pyridine rings is 1. The Morgan fingerprint density at radius 2 is 2.10 bits per heavy atom. The van der Waals surface area contributed by atoms with Crippen LogP contribution in [0.1, 0.15) is 29.7 Å². The fourth-order valence-electron chi connectivity index (χ4n) is 3.37. The predicted octanol–water partition coefficient (Wildman–Crippen LogP) is 1.85. The fourth-order valence-corrected chi connectivity index (χ4v) is 3.37. The quantitative estimate of drug-likeness (QED) is 0.919. The van der Waals surface area contributed by atoms with E-state index in [1.54, 1.807) is 0 Å². The summed E-state index contributed by atoms with van der Waals surface area (Å²) >= 11 is 0. The van der Waals surface area contributed by atoms with Gasteiger partial charge in [0.05, 0.1) is 30.9 Å². The Balaban J connectivity index is 1.81. The molecule has 2 atom stereocenters. The lowest BCUT2D eigenvalue weighted by Gasteiger charge is -2.28. The van der Waals surface area contributed by atoms with E-state index >= 15 is 0 Å². The zero-order valence-electron chi connectivity index (χ0n) is 12.7. The van der Waals surface area contributed by atoms with Gasteiger partial charge < -0.3 is 10.1 Å². The van der Waals surface area contributed by atoms with Gasteiger partial charge >= 0.3 is 0 Å². The highest BCUT2D eigenvalue weighted by Crippen LogP contribution is 2.24. The maximum atomic E-state index is 9.37. The summed E-state index contributed by atoms with van der Waals surface area (Å²) in [4.78, 5) is 7.02. The molecule has 5 nitrogen and oxygen atoms in total. The van der Waals surface area contributed by atoms with Crippen LogP contribution >= 0.6 is 0 Å². The summed E-state index contributed by atoms with van der Waals surface area (Å²) in [6.45, 7) is 7.67. The minimum atomic E-state index is 0.212. The van der Waals surface area contributed by atoms with Gasteiger partial charge in [0.2, 0.25) is 0 Å². The summed E-state index contributed by atoms with van der Waals surface area (Å²) in [5.74, 6) is 0.703. The molecule has 112 valence electrons. The van der Waals surface area contributed by atoms with Gasteiger partial charge in [-0.15, -0.1) is 0 Å². The fraction of sp³-hybridized carbons (Fsp3) is 0.625. The third-order valence-electron chi connectivity index (χ3n) is 4.44. The van der Waals surface area contributed by atoms with Gasteiger partial charge in [0.15, 0.2) is 0 Å². The second kappa shape index (κ2) is 6.00. The highest BCUT2D eigenvalue weighted by atomic mass is 16.5. The van der Waals surface area contributed by atoms with Crippen LogP contribution in [0.4, 0.5) is 5.82 Å². The minimum absolute atomic E-state index is 0.212. The van der Waals surface area contributed by atoms with Crippen molar-refractivity contribution in [3.05, 3.63) is 22.9 Å². The van der Waals surface area contributed by atoms with Gasteiger partial charge in [0.1, 0.15) is 11.9 Å². The first-order chi connectivity index (χ1) is 10.2. The van der Waals surface area contributed by atoms with E-state index in [1.165, 1.54) is 12.8 Å². The topological polar surface area (TPSA) is 61.2 Å². The van der Waals surface area contributed by atoms with Crippen molar-refractivity contribution in [3.8, 4) is 6.07 Å². The summed E-state index contributed by atoms with van der Waals surface area (Å²) < 4.78 is 5.67. The molecule has 0 amide bonds. The Morgan fingerprint density at radius 3 is 2.81 bits per heavy atom. The van der Waals surface area contributed by atoms with Gasteiger partial charge in [-0.2, -0.15) is 5.26 Å². The molecule has 0 bridgehead atoms. The largest absolute Gasteiger partial charge is 0.378 e. The van der Waals surface area contributed by atoms with Gasteiger partial charge in [-0.05, 0) is 51.4 Å². The first-order valence-electron chi connectivity index (χ1n) is 7.65. The van der Waals surface area contributed by atoms with E-state index in [0.29, 0.717) is 24.0 Å². The zero-order chi connectivity index (χ0) is 14.8. The first kappa shape index (κ1) is 14.3. The Kier molecular flexibility index (Phi) is 4.09. The van der Waals surface area contributed by atoms with Crippen LogP contribution in [0.25, 0.3) is 0 Å². The van der Waals surface area contributed by atoms with Crippen molar-refractivity contribution < 1.29 is 4.74 Å². The number of likely N-dealkylation sites (tertiary alicyclic amines) is 1. The normalized spacial score (nSPS) is 26.0. The number of ether oxygens (including phenoxy) is 1. The molecular formula is C16H22N4O. The molecule has 1 aromatic rings. The number of nitrogens with zero attached hydrogens (tertiary/aromatic N) is 3. The van der Waals surface area contributed by atoms with E-state index in [4.69, 9.17) is 4.74 Å². The maximum absolute atomic E-state index is 9.37. The van der Waals surface area contributed by atoms with Crippen molar-refractivity contribution in [2.45, 2.75) is 38.8 Å². The number of nitriles is 1. The highest BCUT2D eigenvalue weighted by molar-refractivity contribution is 5.57. The number of hydrogen-bond acceptors (Lipinski definition) is 5. The zero-order valence-corrected chi connectivity index (χ0v) is 12.7. The number of anilines is 1. The number of nitrogens with one attached hydrogen (secondary N) is 1. The van der Waals surface area contributed by atoms with Crippen molar-refractivity contribution in [2.75, 3.05) is 31.6 Å². The van der Waals surface area contributed by atoms with Crippen molar-refractivity contribution in [1.82, 2.24) is 9.88 Å². The Hall–Kier alpha value is -1.64. The number of hydrogen-bond donors (Lipinski definition) is 1. The SMILES string of the molecule is Cc1cc(C)c(C#N)c(N[C@H]2COC[C@@H]2N2CCCC2)n1. The molecule has 0 saturated carbocycles. The molecule has 1 aromatic heterocycles. The monoisotopic (exact) mass is 286 g/mol. The molecule has 3 rings (SSSR count). The second-order valence-corrected chi connectivity index (χ2v) is 6.01. The molecule has 2 aliphatic rings. The number of rotatable bonds is 3. The van der Waals surface area contributed by atoms with E-state index < -0.39 is 0 Å². The summed E-state index contributed by atoms with van der Waals surface area (Å²) in [6, 6.07) is 4.82. The van der Waals surface area contributed by atoms with Crippen molar-refractivity contribution in [3.63, 3.8) is 0 Å². The van der Waals surface area contributed by atoms with Crippen LogP contribution in [0.3, 0.4) is 0 Å². The average Bonchev–Trinajstić information content (AvgIpc) is 3.08. The van der Waals surface area contributed by atoms with E-state index in [9.17, 15) is 5.26 Å². The number of aryl methyl sites for hydroxylation is 2. The molecule has 0 unspecified atom stereocenters. The van der Waals surface area contributed by atoms with E-state index in [2.05, 4.69) is 21.3 Å². The van der Waals surface area contributed by atoms with Crippen LogP contribution in [-0.4, -0.2) is 48.3 Å². The van der Waals surface area contributed by atoms with Crippen molar-refractivity contribution >= 4 is 5.82 Å². The lowest BCUT2D eigenvalue weighted by Crippen LogP contribution is -2.45. The third-order valence-corrected chi connectivity index (χ3v) is 4.44. The Labute approximate surface area is 125 Å². The Morgan fingerprint density at radius 1 is 1.33 bits per heavy atom. The maximum Gasteiger partial charge on any atom is 0.144 e. The molecule has 1 N–H and O–H groups in total. The molecule has 0 aliphatic carbocycles. The van der Waals surface area contributed by atoms with Gasteiger partial charge in [-0.1, -0.05) is 0 Å². The molecule has 0 radical (unpaired) electrons. The van der Waals surface area contributed by atoms with Crippen LogP contribution in [-0.2, 0) is 4.74 Å². The van der Waals surface area contributed by atoms with Crippen LogP contribution in [0.15, 0.2) is 6.07 Å². The molecule has 0 spiro atoms. The summed E-state index contributed by atoms with van der Waals surface area (Å²) in [7, 11) is 0. The van der Waals surface area contributed by atoms with Crippen LogP contribution in [0.5, 0.6) is 0 Å². The third kappa shape index (κ3) is 2.87. The van der Waals surface area contributed by atoms with Gasteiger partial charge in [-0.3, -0.25) is 4.90 Å². The van der Waals surface area contributed by atoms with E-state index in [-0.39, 0.29) is 6.04 Å². The summed E-state index contributed by atoms with van der Waals surface area (Å²) in [5, 5.41) is 12.8. The highest BCUT2D eigenvalue weighted by Gasteiger charge is 2.34. The molecular weight excluding hydrogens is 264 g/mol. The average molecular weight is 286 g/mol. The van der Waals surface area contributed by atoms with Gasteiger partial charge in [0.25, 0.3) is 0 Å². The Bertz CT molecular complexity index is 560. The number of aromatic nitrogens is 1. The molecule has 21 heavy (non-hydrogen) atoms. The summed E-state index contributed by atoms with van der Waals surface area (Å²) in [6.07, 6.45) is 2.54. The van der Waals surface area contributed by atoms with Crippen LogP contribution < -0.4 is 5.32 Å². The van der Waals surface area contributed by atoms with Crippen LogP contribution in [0.2, 0.25) is 0 Å². The lowest BCUT2D eigenvalue weighted by atomic mass is 10.1.